The van der Waals surface area contributed by atoms with E-state index in [1.807, 2.05) is 18.2 Å². The molecule has 2 aromatic rings. The number of pyridine rings is 1. The Bertz CT molecular complexity index is 528. The van der Waals surface area contributed by atoms with Gasteiger partial charge in [-0.1, -0.05) is 6.07 Å². The summed E-state index contributed by atoms with van der Waals surface area (Å²) < 4.78 is 0. The molecule has 19 heavy (non-hydrogen) atoms. The highest BCUT2D eigenvalue weighted by atomic mass is 32.1. The summed E-state index contributed by atoms with van der Waals surface area (Å²) in [5, 5.41) is 12.4. The van der Waals surface area contributed by atoms with Crippen molar-refractivity contribution in [2.75, 3.05) is 13.2 Å². The molecule has 3 rings (SSSR count). The van der Waals surface area contributed by atoms with Gasteiger partial charge in [0, 0.05) is 24.2 Å². The lowest BCUT2D eigenvalue weighted by molar-refractivity contribution is 0.152. The van der Waals surface area contributed by atoms with E-state index in [9.17, 15) is 5.11 Å². The third kappa shape index (κ3) is 2.83. The highest BCUT2D eigenvalue weighted by Gasteiger charge is 2.24. The van der Waals surface area contributed by atoms with Crippen LogP contribution in [0.5, 0.6) is 0 Å². The first-order chi connectivity index (χ1) is 9.36. The third-order valence-corrected chi connectivity index (χ3v) is 4.42. The van der Waals surface area contributed by atoms with Crippen molar-refractivity contribution < 1.29 is 5.11 Å². The summed E-state index contributed by atoms with van der Waals surface area (Å²) in [4.78, 5) is 11.3. The maximum Gasteiger partial charge on any atom is 0.142 e. The van der Waals surface area contributed by atoms with Crippen molar-refractivity contribution in [1.29, 1.82) is 0 Å². The van der Waals surface area contributed by atoms with Gasteiger partial charge in [0.2, 0.25) is 0 Å². The first kappa shape index (κ1) is 12.7. The van der Waals surface area contributed by atoms with Crippen molar-refractivity contribution in [3.63, 3.8) is 0 Å². The van der Waals surface area contributed by atoms with Crippen LogP contribution in [0.25, 0.3) is 10.7 Å². The summed E-state index contributed by atoms with van der Waals surface area (Å²) in [5.41, 5.74) is 2.00. The predicted octanol–water partition coefficient (Wildman–Crippen LogP) is 2.16. The summed E-state index contributed by atoms with van der Waals surface area (Å²) in [6, 6.07) is 6.18. The highest BCUT2D eigenvalue weighted by molar-refractivity contribution is 7.13. The van der Waals surface area contributed by atoms with Gasteiger partial charge in [0.05, 0.1) is 18.0 Å². The Labute approximate surface area is 116 Å². The Balaban J connectivity index is 1.72. The van der Waals surface area contributed by atoms with Gasteiger partial charge >= 0.3 is 0 Å². The number of hydrogen-bond donors (Lipinski definition) is 1. The molecule has 0 bridgehead atoms. The van der Waals surface area contributed by atoms with Crippen molar-refractivity contribution in [3.8, 4) is 10.7 Å². The molecule has 0 saturated carbocycles. The minimum Gasteiger partial charge on any atom is -0.395 e. The van der Waals surface area contributed by atoms with Crippen molar-refractivity contribution in [3.05, 3.63) is 35.5 Å². The Hall–Kier alpha value is -1.30. The normalized spacial score (nSPS) is 19.9. The van der Waals surface area contributed by atoms with Gasteiger partial charge in [-0.25, -0.2) is 4.98 Å². The molecule has 1 aliphatic rings. The summed E-state index contributed by atoms with van der Waals surface area (Å²) in [7, 11) is 0. The van der Waals surface area contributed by atoms with Crippen molar-refractivity contribution >= 4 is 11.3 Å². The van der Waals surface area contributed by atoms with E-state index in [0.717, 1.165) is 35.9 Å². The minimum absolute atomic E-state index is 0.247. The Morgan fingerprint density at radius 1 is 1.42 bits per heavy atom. The zero-order chi connectivity index (χ0) is 13.1. The SMILES string of the molecule is OC[C@H]1CCCN1Cc1csc(-c2ccccn2)n1. The molecule has 0 amide bonds. The van der Waals surface area contributed by atoms with Crippen molar-refractivity contribution in [1.82, 2.24) is 14.9 Å². The third-order valence-electron chi connectivity index (χ3n) is 3.51. The lowest BCUT2D eigenvalue weighted by Crippen LogP contribution is -2.31. The van der Waals surface area contributed by atoms with Gasteiger partial charge in [-0.05, 0) is 31.5 Å². The molecule has 1 saturated heterocycles. The van der Waals surface area contributed by atoms with E-state index in [-0.39, 0.29) is 6.61 Å². The van der Waals surface area contributed by atoms with E-state index < -0.39 is 0 Å². The average molecular weight is 275 g/mol. The predicted molar refractivity (Wildman–Crippen MR) is 75.9 cm³/mol. The minimum atomic E-state index is 0.247. The molecule has 1 N–H and O–H groups in total. The molecule has 0 aliphatic carbocycles. The molecule has 3 heterocycles. The van der Waals surface area contributed by atoms with Gasteiger partial charge in [0.25, 0.3) is 0 Å². The largest absolute Gasteiger partial charge is 0.395 e. The molecular weight excluding hydrogens is 258 g/mol. The maximum atomic E-state index is 9.33. The maximum absolute atomic E-state index is 9.33. The Morgan fingerprint density at radius 2 is 2.37 bits per heavy atom. The Morgan fingerprint density at radius 3 is 3.16 bits per heavy atom. The second-order valence-electron chi connectivity index (χ2n) is 4.81. The molecular formula is C14H17N3OS. The van der Waals surface area contributed by atoms with Crippen LogP contribution < -0.4 is 0 Å². The summed E-state index contributed by atoms with van der Waals surface area (Å²) in [6.07, 6.45) is 4.05. The van der Waals surface area contributed by atoms with Crippen LogP contribution in [0.15, 0.2) is 29.8 Å². The monoisotopic (exact) mass is 275 g/mol. The van der Waals surface area contributed by atoms with Crippen LogP contribution in [-0.4, -0.2) is 39.2 Å². The topological polar surface area (TPSA) is 49.2 Å². The number of aliphatic hydroxyl groups is 1. The molecule has 0 aromatic carbocycles. The van der Waals surface area contributed by atoms with Crippen LogP contribution >= 0.6 is 11.3 Å². The lowest BCUT2D eigenvalue weighted by Gasteiger charge is -2.21. The summed E-state index contributed by atoms with van der Waals surface area (Å²) in [6.45, 7) is 2.13. The molecule has 1 atom stereocenters. The van der Waals surface area contributed by atoms with Gasteiger partial charge in [-0.2, -0.15) is 0 Å². The zero-order valence-electron chi connectivity index (χ0n) is 10.7. The average Bonchev–Trinajstić information content (AvgIpc) is 3.09. The van der Waals surface area contributed by atoms with E-state index in [4.69, 9.17) is 0 Å². The standard InChI is InChI=1S/C14H17N3OS/c18-9-12-4-3-7-17(12)8-11-10-19-14(16-11)13-5-1-2-6-15-13/h1-2,5-6,10,12,18H,3-4,7-9H2/t12-/m1/s1. The number of aliphatic hydroxyl groups excluding tert-OH is 1. The van der Waals surface area contributed by atoms with Gasteiger partial charge in [-0.15, -0.1) is 11.3 Å². The van der Waals surface area contributed by atoms with Crippen molar-refractivity contribution in [2.45, 2.75) is 25.4 Å². The fourth-order valence-corrected chi connectivity index (χ4v) is 3.29. The van der Waals surface area contributed by atoms with Crippen LogP contribution in [0.3, 0.4) is 0 Å². The molecule has 2 aromatic heterocycles. The highest BCUT2D eigenvalue weighted by Crippen LogP contribution is 2.24. The first-order valence-corrected chi connectivity index (χ1v) is 7.45. The number of nitrogens with zero attached hydrogens (tertiary/aromatic N) is 3. The van der Waals surface area contributed by atoms with Crippen molar-refractivity contribution in [2.24, 2.45) is 0 Å². The fraction of sp³-hybridized carbons (Fsp3) is 0.429. The molecule has 4 nitrogen and oxygen atoms in total. The molecule has 1 aliphatic heterocycles. The molecule has 0 radical (unpaired) electrons. The zero-order valence-corrected chi connectivity index (χ0v) is 11.5. The molecule has 1 fully saturated rings. The number of hydrogen-bond acceptors (Lipinski definition) is 5. The Kier molecular flexibility index (Phi) is 3.87. The van der Waals surface area contributed by atoms with E-state index in [1.54, 1.807) is 17.5 Å². The molecule has 100 valence electrons. The second-order valence-corrected chi connectivity index (χ2v) is 5.67. The second kappa shape index (κ2) is 5.77. The van der Waals surface area contributed by atoms with E-state index in [1.165, 1.54) is 6.42 Å². The molecule has 5 heteroatoms. The smallest absolute Gasteiger partial charge is 0.142 e. The van der Waals surface area contributed by atoms with Gasteiger partial charge in [0.1, 0.15) is 5.01 Å². The van der Waals surface area contributed by atoms with E-state index in [0.29, 0.717) is 6.04 Å². The number of likely N-dealkylation sites (tertiary alicyclic amines) is 1. The number of rotatable bonds is 4. The number of thiazole rings is 1. The van der Waals surface area contributed by atoms with Gasteiger partial charge < -0.3 is 5.11 Å². The summed E-state index contributed by atoms with van der Waals surface area (Å²) >= 11 is 1.63. The van der Waals surface area contributed by atoms with Crippen LogP contribution in [0, 0.1) is 0 Å². The lowest BCUT2D eigenvalue weighted by atomic mass is 10.2. The summed E-state index contributed by atoms with van der Waals surface area (Å²) in [5.74, 6) is 0. The van der Waals surface area contributed by atoms with E-state index in [2.05, 4.69) is 20.2 Å². The number of aromatic nitrogens is 2. The first-order valence-electron chi connectivity index (χ1n) is 6.57. The molecule has 0 spiro atoms. The van der Waals surface area contributed by atoms with Crippen LogP contribution in [0.2, 0.25) is 0 Å². The van der Waals surface area contributed by atoms with Crippen LogP contribution in [0.4, 0.5) is 0 Å². The van der Waals surface area contributed by atoms with Gasteiger partial charge in [-0.3, -0.25) is 9.88 Å². The molecule has 0 unspecified atom stereocenters. The quantitative estimate of drug-likeness (QED) is 0.929. The van der Waals surface area contributed by atoms with E-state index >= 15 is 0 Å². The fourth-order valence-electron chi connectivity index (χ4n) is 2.50. The van der Waals surface area contributed by atoms with Crippen LogP contribution in [-0.2, 0) is 6.54 Å². The van der Waals surface area contributed by atoms with Gasteiger partial charge in [0.15, 0.2) is 0 Å². The van der Waals surface area contributed by atoms with Crippen LogP contribution in [0.1, 0.15) is 18.5 Å².